The lowest BCUT2D eigenvalue weighted by molar-refractivity contribution is 0.00216. The molecule has 0 N–H and O–H groups in total. The SMILES string of the molecule is C=C1CC1OCCOCCOCCOC. The molecule has 4 heteroatoms. The molecule has 0 heterocycles. The van der Waals surface area contributed by atoms with Gasteiger partial charge in [0.05, 0.1) is 45.7 Å². The fourth-order valence-electron chi connectivity index (χ4n) is 1.07. The zero-order valence-electron chi connectivity index (χ0n) is 9.37. The molecule has 1 fully saturated rings. The summed E-state index contributed by atoms with van der Waals surface area (Å²) in [6, 6.07) is 0. The molecule has 1 aliphatic carbocycles. The predicted octanol–water partition coefficient (Wildman–Crippen LogP) is 1.01. The van der Waals surface area contributed by atoms with Crippen molar-refractivity contribution in [2.24, 2.45) is 0 Å². The third-order valence-corrected chi connectivity index (χ3v) is 2.09. The molecule has 0 saturated heterocycles. The van der Waals surface area contributed by atoms with E-state index in [4.69, 9.17) is 18.9 Å². The van der Waals surface area contributed by atoms with E-state index >= 15 is 0 Å². The zero-order chi connectivity index (χ0) is 10.9. The Hall–Kier alpha value is -0.420. The van der Waals surface area contributed by atoms with Crippen molar-refractivity contribution in [1.29, 1.82) is 0 Å². The largest absolute Gasteiger partial charge is 0.382 e. The summed E-state index contributed by atoms with van der Waals surface area (Å²) in [5.41, 5.74) is 1.19. The van der Waals surface area contributed by atoms with E-state index in [1.807, 2.05) is 0 Å². The van der Waals surface area contributed by atoms with Gasteiger partial charge in [-0.25, -0.2) is 0 Å². The van der Waals surface area contributed by atoms with Gasteiger partial charge in [-0.1, -0.05) is 6.58 Å². The molecule has 1 rings (SSSR count). The van der Waals surface area contributed by atoms with Crippen LogP contribution in [0.2, 0.25) is 0 Å². The highest BCUT2D eigenvalue weighted by Gasteiger charge is 2.27. The van der Waals surface area contributed by atoms with Crippen molar-refractivity contribution < 1.29 is 18.9 Å². The van der Waals surface area contributed by atoms with E-state index in [0.29, 0.717) is 45.7 Å². The second kappa shape index (κ2) is 7.82. The van der Waals surface area contributed by atoms with Gasteiger partial charge in [0, 0.05) is 13.5 Å². The van der Waals surface area contributed by atoms with Crippen LogP contribution >= 0.6 is 0 Å². The molecular weight excluding hydrogens is 196 g/mol. The normalized spacial score (nSPS) is 19.5. The molecule has 0 amide bonds. The average Bonchev–Trinajstić information content (AvgIpc) is 2.92. The van der Waals surface area contributed by atoms with Crippen molar-refractivity contribution in [2.75, 3.05) is 46.8 Å². The summed E-state index contributed by atoms with van der Waals surface area (Å²) >= 11 is 0. The summed E-state index contributed by atoms with van der Waals surface area (Å²) < 4.78 is 20.8. The molecule has 1 saturated carbocycles. The molecule has 0 aliphatic heterocycles. The maximum atomic E-state index is 5.42. The third kappa shape index (κ3) is 6.62. The van der Waals surface area contributed by atoms with Crippen LogP contribution in [0.4, 0.5) is 0 Å². The summed E-state index contributed by atoms with van der Waals surface area (Å²) in [5.74, 6) is 0. The van der Waals surface area contributed by atoms with E-state index in [-0.39, 0.29) is 0 Å². The number of ether oxygens (including phenoxy) is 4. The molecule has 0 radical (unpaired) electrons. The lowest BCUT2D eigenvalue weighted by Crippen LogP contribution is -2.11. The number of rotatable bonds is 10. The van der Waals surface area contributed by atoms with Crippen LogP contribution in [-0.4, -0.2) is 52.9 Å². The highest BCUT2D eigenvalue weighted by atomic mass is 16.6. The van der Waals surface area contributed by atoms with Crippen LogP contribution in [0.3, 0.4) is 0 Å². The second-order valence-electron chi connectivity index (χ2n) is 3.44. The Balaban J connectivity index is 1.68. The Morgan fingerprint density at radius 1 is 1.07 bits per heavy atom. The standard InChI is InChI=1S/C11H20O4/c1-10-9-11(10)15-8-7-14-6-5-13-4-3-12-2/h11H,1,3-9H2,2H3. The maximum Gasteiger partial charge on any atom is 0.0822 e. The number of hydrogen-bond donors (Lipinski definition) is 0. The van der Waals surface area contributed by atoms with Gasteiger partial charge in [0.25, 0.3) is 0 Å². The van der Waals surface area contributed by atoms with E-state index in [1.54, 1.807) is 7.11 Å². The summed E-state index contributed by atoms with van der Waals surface area (Å²) in [7, 11) is 1.66. The van der Waals surface area contributed by atoms with E-state index < -0.39 is 0 Å². The molecule has 15 heavy (non-hydrogen) atoms. The minimum absolute atomic E-state index is 0.298. The first-order valence-electron chi connectivity index (χ1n) is 5.28. The predicted molar refractivity (Wildman–Crippen MR) is 57.0 cm³/mol. The Bertz CT molecular complexity index is 181. The van der Waals surface area contributed by atoms with Crippen molar-refractivity contribution in [2.45, 2.75) is 12.5 Å². The quantitative estimate of drug-likeness (QED) is 0.403. The lowest BCUT2D eigenvalue weighted by atomic mass is 10.6. The Morgan fingerprint density at radius 2 is 1.60 bits per heavy atom. The topological polar surface area (TPSA) is 36.9 Å². The van der Waals surface area contributed by atoms with Gasteiger partial charge in [0.2, 0.25) is 0 Å². The molecule has 0 aromatic carbocycles. The summed E-state index contributed by atoms with van der Waals surface area (Å²) in [6.07, 6.45) is 1.31. The highest BCUT2D eigenvalue weighted by Crippen LogP contribution is 2.29. The Kier molecular flexibility index (Phi) is 6.59. The van der Waals surface area contributed by atoms with Crippen LogP contribution < -0.4 is 0 Å². The molecule has 4 nitrogen and oxygen atoms in total. The van der Waals surface area contributed by atoms with Crippen LogP contribution in [0.1, 0.15) is 6.42 Å². The molecule has 0 aromatic rings. The highest BCUT2D eigenvalue weighted by molar-refractivity contribution is 5.21. The second-order valence-corrected chi connectivity index (χ2v) is 3.44. The summed E-state index contributed by atoms with van der Waals surface area (Å²) in [5, 5.41) is 0. The minimum Gasteiger partial charge on any atom is -0.382 e. The third-order valence-electron chi connectivity index (χ3n) is 2.09. The Morgan fingerprint density at radius 3 is 2.13 bits per heavy atom. The van der Waals surface area contributed by atoms with Crippen molar-refractivity contribution in [3.8, 4) is 0 Å². The maximum absolute atomic E-state index is 5.42. The van der Waals surface area contributed by atoms with Crippen molar-refractivity contribution in [3.63, 3.8) is 0 Å². The average molecular weight is 216 g/mol. The van der Waals surface area contributed by atoms with Gasteiger partial charge in [-0.15, -0.1) is 0 Å². The Labute approximate surface area is 91.1 Å². The van der Waals surface area contributed by atoms with E-state index in [0.717, 1.165) is 6.42 Å². The van der Waals surface area contributed by atoms with E-state index in [1.165, 1.54) is 5.57 Å². The molecule has 1 aliphatic rings. The van der Waals surface area contributed by atoms with Gasteiger partial charge in [0.15, 0.2) is 0 Å². The smallest absolute Gasteiger partial charge is 0.0822 e. The molecule has 0 spiro atoms. The van der Waals surface area contributed by atoms with Crippen molar-refractivity contribution >= 4 is 0 Å². The van der Waals surface area contributed by atoms with Crippen LogP contribution in [0, 0.1) is 0 Å². The zero-order valence-corrected chi connectivity index (χ0v) is 9.37. The molecule has 0 bridgehead atoms. The van der Waals surface area contributed by atoms with Gasteiger partial charge >= 0.3 is 0 Å². The molecular formula is C11H20O4. The first-order chi connectivity index (χ1) is 7.34. The van der Waals surface area contributed by atoms with Crippen LogP contribution in [0.25, 0.3) is 0 Å². The van der Waals surface area contributed by atoms with Gasteiger partial charge in [-0.05, 0) is 5.57 Å². The summed E-state index contributed by atoms with van der Waals surface area (Å²) in [6.45, 7) is 7.55. The first kappa shape index (κ1) is 12.6. The van der Waals surface area contributed by atoms with Crippen molar-refractivity contribution in [3.05, 3.63) is 12.2 Å². The minimum atomic E-state index is 0.298. The number of methoxy groups -OCH3 is 1. The van der Waals surface area contributed by atoms with Crippen LogP contribution in [-0.2, 0) is 18.9 Å². The van der Waals surface area contributed by atoms with Crippen LogP contribution in [0.15, 0.2) is 12.2 Å². The van der Waals surface area contributed by atoms with Gasteiger partial charge in [-0.2, -0.15) is 0 Å². The van der Waals surface area contributed by atoms with Gasteiger partial charge < -0.3 is 18.9 Å². The monoisotopic (exact) mass is 216 g/mol. The fraction of sp³-hybridized carbons (Fsp3) is 0.818. The first-order valence-corrected chi connectivity index (χ1v) is 5.28. The number of hydrogen-bond acceptors (Lipinski definition) is 4. The molecule has 0 aromatic heterocycles. The van der Waals surface area contributed by atoms with Crippen molar-refractivity contribution in [1.82, 2.24) is 0 Å². The van der Waals surface area contributed by atoms with E-state index in [9.17, 15) is 0 Å². The van der Waals surface area contributed by atoms with Crippen LogP contribution in [0.5, 0.6) is 0 Å². The van der Waals surface area contributed by atoms with E-state index in [2.05, 4.69) is 6.58 Å². The molecule has 1 atom stereocenters. The molecule has 88 valence electrons. The molecule has 1 unspecified atom stereocenters. The fourth-order valence-corrected chi connectivity index (χ4v) is 1.07. The summed E-state index contributed by atoms with van der Waals surface area (Å²) in [4.78, 5) is 0. The van der Waals surface area contributed by atoms with Gasteiger partial charge in [-0.3, -0.25) is 0 Å². The lowest BCUT2D eigenvalue weighted by Gasteiger charge is -2.05. The van der Waals surface area contributed by atoms with Gasteiger partial charge in [0.1, 0.15) is 0 Å².